The van der Waals surface area contributed by atoms with E-state index in [9.17, 15) is 9.90 Å². The highest BCUT2D eigenvalue weighted by Crippen LogP contribution is 2.22. The van der Waals surface area contributed by atoms with E-state index in [1.54, 1.807) is 18.2 Å². The number of hydrogen-bond acceptors (Lipinski definition) is 3. The fourth-order valence-corrected chi connectivity index (χ4v) is 2.65. The van der Waals surface area contributed by atoms with Crippen LogP contribution in [-0.2, 0) is 11.2 Å². The van der Waals surface area contributed by atoms with Gasteiger partial charge in [-0.25, -0.2) is 0 Å². The van der Waals surface area contributed by atoms with Crippen molar-refractivity contribution in [3.63, 3.8) is 0 Å². The molecule has 19 heavy (non-hydrogen) atoms. The minimum atomic E-state index is -0.0108. The molecule has 4 nitrogen and oxygen atoms in total. The number of carbonyl (C=O) groups is 1. The molecule has 2 atom stereocenters. The lowest BCUT2D eigenvalue weighted by Gasteiger charge is -2.28. The molecule has 1 saturated carbocycles. The second kappa shape index (κ2) is 6.57. The number of aromatic hydroxyl groups is 1. The van der Waals surface area contributed by atoms with Gasteiger partial charge in [0.25, 0.3) is 0 Å². The van der Waals surface area contributed by atoms with Crippen LogP contribution in [0.25, 0.3) is 0 Å². The third kappa shape index (κ3) is 4.24. The summed E-state index contributed by atoms with van der Waals surface area (Å²) in [5, 5.41) is 12.3. The van der Waals surface area contributed by atoms with Crippen molar-refractivity contribution in [3.8, 4) is 5.75 Å². The third-order valence-electron chi connectivity index (χ3n) is 3.80. The summed E-state index contributed by atoms with van der Waals surface area (Å²) in [4.78, 5) is 11.8. The summed E-state index contributed by atoms with van der Waals surface area (Å²) in [6.07, 6.45) is 4.88. The molecule has 2 rings (SSSR count). The number of nitrogens with one attached hydrogen (secondary N) is 1. The van der Waals surface area contributed by atoms with Crippen LogP contribution in [0, 0.1) is 5.92 Å². The molecule has 4 heteroatoms. The van der Waals surface area contributed by atoms with E-state index in [2.05, 4.69) is 5.32 Å². The Balaban J connectivity index is 1.78. The van der Waals surface area contributed by atoms with Crippen LogP contribution in [0.4, 0.5) is 0 Å². The number of phenols is 1. The Hall–Kier alpha value is -1.55. The molecule has 1 aliphatic carbocycles. The maximum atomic E-state index is 11.8. The summed E-state index contributed by atoms with van der Waals surface area (Å²) < 4.78 is 0. The molecule has 0 spiro atoms. The molecule has 4 N–H and O–H groups in total. The fraction of sp³-hybridized carbons (Fsp3) is 0.533. The molecule has 0 radical (unpaired) electrons. The van der Waals surface area contributed by atoms with Gasteiger partial charge in [0.15, 0.2) is 0 Å². The number of nitrogens with two attached hydrogens (primary N) is 1. The van der Waals surface area contributed by atoms with Crippen LogP contribution in [-0.4, -0.2) is 23.6 Å². The predicted molar refractivity (Wildman–Crippen MR) is 74.8 cm³/mol. The normalized spacial score (nSPS) is 23.0. The molecule has 1 fully saturated rings. The second-order valence-corrected chi connectivity index (χ2v) is 5.36. The molecule has 0 aromatic heterocycles. The van der Waals surface area contributed by atoms with Crippen LogP contribution in [0.2, 0.25) is 0 Å². The molecule has 0 saturated heterocycles. The predicted octanol–water partition coefficient (Wildman–Crippen LogP) is 1.57. The van der Waals surface area contributed by atoms with Crippen molar-refractivity contribution in [2.45, 2.75) is 38.1 Å². The van der Waals surface area contributed by atoms with Crippen LogP contribution in [0.3, 0.4) is 0 Å². The van der Waals surface area contributed by atoms with Gasteiger partial charge in [0, 0.05) is 12.6 Å². The van der Waals surface area contributed by atoms with E-state index in [1.165, 1.54) is 12.8 Å². The van der Waals surface area contributed by atoms with Gasteiger partial charge in [0.2, 0.25) is 5.91 Å². The third-order valence-corrected chi connectivity index (χ3v) is 3.80. The molecule has 2 unspecified atom stereocenters. The molecular formula is C15H22N2O2. The van der Waals surface area contributed by atoms with Gasteiger partial charge in [-0.15, -0.1) is 0 Å². The average molecular weight is 262 g/mol. The smallest absolute Gasteiger partial charge is 0.224 e. The zero-order chi connectivity index (χ0) is 13.7. The summed E-state index contributed by atoms with van der Waals surface area (Å²) in [6.45, 7) is 0.665. The molecule has 0 aliphatic heterocycles. The first kappa shape index (κ1) is 13.9. The van der Waals surface area contributed by atoms with E-state index < -0.39 is 0 Å². The first-order valence-electron chi connectivity index (χ1n) is 6.95. The van der Waals surface area contributed by atoms with Gasteiger partial charge in [-0.1, -0.05) is 25.0 Å². The minimum absolute atomic E-state index is 0.0108. The summed E-state index contributed by atoms with van der Waals surface area (Å²) in [7, 11) is 0. The molecule has 1 amide bonds. The average Bonchev–Trinajstić information content (AvgIpc) is 2.38. The Morgan fingerprint density at radius 1 is 1.37 bits per heavy atom. The number of hydrogen-bond donors (Lipinski definition) is 3. The van der Waals surface area contributed by atoms with Crippen molar-refractivity contribution in [3.05, 3.63) is 29.8 Å². The van der Waals surface area contributed by atoms with Gasteiger partial charge < -0.3 is 16.2 Å². The SMILES string of the molecule is NC1CCCCC1CNC(=O)Cc1cccc(O)c1. The molecule has 0 heterocycles. The van der Waals surface area contributed by atoms with Crippen molar-refractivity contribution >= 4 is 5.91 Å². The zero-order valence-electron chi connectivity index (χ0n) is 11.1. The summed E-state index contributed by atoms with van der Waals surface area (Å²) >= 11 is 0. The van der Waals surface area contributed by atoms with Crippen molar-refractivity contribution < 1.29 is 9.90 Å². The van der Waals surface area contributed by atoms with E-state index in [-0.39, 0.29) is 17.7 Å². The van der Waals surface area contributed by atoms with Crippen molar-refractivity contribution in [1.82, 2.24) is 5.32 Å². The van der Waals surface area contributed by atoms with Gasteiger partial charge in [-0.2, -0.15) is 0 Å². The van der Waals surface area contributed by atoms with Gasteiger partial charge in [0.1, 0.15) is 5.75 Å². The highest BCUT2D eigenvalue weighted by atomic mass is 16.3. The Bertz CT molecular complexity index is 434. The van der Waals surface area contributed by atoms with Crippen LogP contribution >= 0.6 is 0 Å². The van der Waals surface area contributed by atoms with E-state index in [0.29, 0.717) is 18.9 Å². The highest BCUT2D eigenvalue weighted by molar-refractivity contribution is 5.78. The lowest BCUT2D eigenvalue weighted by molar-refractivity contribution is -0.120. The van der Waals surface area contributed by atoms with Crippen molar-refractivity contribution in [2.24, 2.45) is 11.7 Å². The van der Waals surface area contributed by atoms with E-state index in [0.717, 1.165) is 18.4 Å². The lowest BCUT2D eigenvalue weighted by atomic mass is 9.85. The maximum Gasteiger partial charge on any atom is 0.224 e. The van der Waals surface area contributed by atoms with Crippen molar-refractivity contribution in [2.75, 3.05) is 6.54 Å². The standard InChI is InChI=1S/C15H22N2O2/c16-14-7-2-1-5-12(14)10-17-15(19)9-11-4-3-6-13(18)8-11/h3-4,6,8,12,14,18H,1-2,5,7,9-10,16H2,(H,17,19). The molecule has 0 bridgehead atoms. The van der Waals surface area contributed by atoms with Gasteiger partial charge in [0.05, 0.1) is 6.42 Å². The summed E-state index contributed by atoms with van der Waals surface area (Å²) in [5.74, 6) is 0.588. The van der Waals surface area contributed by atoms with Gasteiger partial charge in [-0.3, -0.25) is 4.79 Å². The first-order valence-corrected chi connectivity index (χ1v) is 6.95. The maximum absolute atomic E-state index is 11.8. The number of benzene rings is 1. The quantitative estimate of drug-likeness (QED) is 0.771. The molecule has 1 aromatic carbocycles. The first-order chi connectivity index (χ1) is 9.15. The number of amides is 1. The number of rotatable bonds is 4. The topological polar surface area (TPSA) is 75.3 Å². The summed E-state index contributed by atoms with van der Waals surface area (Å²) in [5.41, 5.74) is 6.88. The van der Waals surface area contributed by atoms with Crippen LogP contribution in [0.1, 0.15) is 31.2 Å². The Labute approximate surface area is 114 Å². The van der Waals surface area contributed by atoms with Crippen LogP contribution in [0.15, 0.2) is 24.3 Å². The number of carbonyl (C=O) groups excluding carboxylic acids is 1. The largest absolute Gasteiger partial charge is 0.508 e. The van der Waals surface area contributed by atoms with E-state index in [4.69, 9.17) is 5.73 Å². The van der Waals surface area contributed by atoms with Gasteiger partial charge >= 0.3 is 0 Å². The Morgan fingerprint density at radius 3 is 2.89 bits per heavy atom. The molecule has 1 aromatic rings. The van der Waals surface area contributed by atoms with Crippen LogP contribution < -0.4 is 11.1 Å². The Morgan fingerprint density at radius 2 is 2.16 bits per heavy atom. The molecule has 104 valence electrons. The minimum Gasteiger partial charge on any atom is -0.508 e. The van der Waals surface area contributed by atoms with Crippen LogP contribution in [0.5, 0.6) is 5.75 Å². The highest BCUT2D eigenvalue weighted by Gasteiger charge is 2.21. The zero-order valence-corrected chi connectivity index (χ0v) is 11.1. The molecule has 1 aliphatic rings. The summed E-state index contributed by atoms with van der Waals surface area (Å²) in [6, 6.07) is 7.02. The van der Waals surface area contributed by atoms with E-state index >= 15 is 0 Å². The fourth-order valence-electron chi connectivity index (χ4n) is 2.65. The number of phenolic OH excluding ortho intramolecular Hbond substituents is 1. The van der Waals surface area contributed by atoms with E-state index in [1.807, 2.05) is 6.07 Å². The van der Waals surface area contributed by atoms with Gasteiger partial charge in [-0.05, 0) is 36.5 Å². The monoisotopic (exact) mass is 262 g/mol. The second-order valence-electron chi connectivity index (χ2n) is 5.36. The van der Waals surface area contributed by atoms with Crippen molar-refractivity contribution in [1.29, 1.82) is 0 Å². The Kier molecular flexibility index (Phi) is 4.80. The molecular weight excluding hydrogens is 240 g/mol. The lowest BCUT2D eigenvalue weighted by Crippen LogP contribution is -2.41.